The van der Waals surface area contributed by atoms with E-state index in [0.717, 1.165) is 88.7 Å². The Morgan fingerprint density at radius 2 is 1.00 bits per heavy atom. The zero-order valence-corrected chi connectivity index (χ0v) is 45.6. The molecule has 3 aliphatic heterocycles. The number of hydrogen-bond donors (Lipinski definition) is 3. The van der Waals surface area contributed by atoms with E-state index in [1.54, 1.807) is 78.9 Å². The summed E-state index contributed by atoms with van der Waals surface area (Å²) in [6.07, 6.45) is 2.56. The lowest BCUT2D eigenvalue weighted by Gasteiger charge is -2.26. The zero-order valence-electron chi connectivity index (χ0n) is 43.1. The van der Waals surface area contributed by atoms with Gasteiger partial charge in [0.05, 0.1) is 52.1 Å². The predicted molar refractivity (Wildman–Crippen MR) is 297 cm³/mol. The number of morpholine rings is 2. The van der Waals surface area contributed by atoms with Gasteiger partial charge in [-0.05, 0) is 91.2 Å². The van der Waals surface area contributed by atoms with Crippen LogP contribution in [0.5, 0.6) is 11.5 Å². The van der Waals surface area contributed by atoms with Crippen LogP contribution in [0, 0.1) is 6.92 Å². The van der Waals surface area contributed by atoms with Gasteiger partial charge < -0.3 is 29.0 Å². The van der Waals surface area contributed by atoms with Crippen molar-refractivity contribution in [3.63, 3.8) is 0 Å². The van der Waals surface area contributed by atoms with Crippen LogP contribution in [-0.2, 0) is 48.2 Å². The fourth-order valence-electron chi connectivity index (χ4n) is 8.82. The minimum atomic E-state index is -3.92. The van der Waals surface area contributed by atoms with Gasteiger partial charge in [-0.1, -0.05) is 90.5 Å². The number of nitrogens with zero attached hydrogens (tertiary/aromatic N) is 3. The molecule has 0 aliphatic carbocycles. The Kier molecular flexibility index (Phi) is 18.8. The van der Waals surface area contributed by atoms with Crippen molar-refractivity contribution in [3.8, 4) is 11.5 Å². The van der Waals surface area contributed by atoms with Gasteiger partial charge in [-0.25, -0.2) is 16.8 Å². The third-order valence-corrected chi connectivity index (χ3v) is 17.8. The lowest BCUT2D eigenvalue weighted by atomic mass is 10.1. The number of hydrogen-bond acceptors (Lipinski definition) is 16. The lowest BCUT2D eigenvalue weighted by molar-refractivity contribution is 0.0322. The largest absolute Gasteiger partial charge is 0.492 e. The average Bonchev–Trinajstić information content (AvgIpc) is 4.38. The molecule has 0 bridgehead atoms. The zero-order chi connectivity index (χ0) is 54.4. The van der Waals surface area contributed by atoms with E-state index in [0.29, 0.717) is 50.7 Å². The highest BCUT2D eigenvalue weighted by Gasteiger charge is 2.27. The van der Waals surface area contributed by atoms with Crippen molar-refractivity contribution < 1.29 is 53.1 Å². The van der Waals surface area contributed by atoms with Crippen molar-refractivity contribution in [1.29, 1.82) is 0 Å². The molecule has 2 aromatic heterocycles. The van der Waals surface area contributed by atoms with Gasteiger partial charge in [-0.15, -0.1) is 0 Å². The molecule has 3 saturated heterocycles. The quantitative estimate of drug-likeness (QED) is 0.0687. The monoisotopic (exact) mass is 1120 g/mol. The Bertz CT molecular complexity index is 3750. The molecule has 21 heteroatoms. The molecular formula is C57H62N6O12S3. The van der Waals surface area contributed by atoms with Crippen LogP contribution in [0.2, 0.25) is 0 Å². The molecular weight excluding hydrogens is 1060 g/mol. The summed E-state index contributed by atoms with van der Waals surface area (Å²) in [6.45, 7) is 12.0. The number of sulfone groups is 2. The highest BCUT2D eigenvalue weighted by atomic mass is 32.2. The number of rotatable bonds is 14. The summed E-state index contributed by atoms with van der Waals surface area (Å²) >= 11 is 0. The Labute approximate surface area is 453 Å². The van der Waals surface area contributed by atoms with Gasteiger partial charge in [-0.3, -0.25) is 19.3 Å². The van der Waals surface area contributed by atoms with Crippen LogP contribution in [0.3, 0.4) is 0 Å². The van der Waals surface area contributed by atoms with Gasteiger partial charge in [0.15, 0.2) is 10.1 Å². The second kappa shape index (κ2) is 26.2. The molecule has 0 amide bonds. The van der Waals surface area contributed by atoms with Crippen LogP contribution >= 0.6 is 0 Å². The maximum Gasteiger partial charge on any atom is 0.297 e. The smallest absolute Gasteiger partial charge is 0.297 e. The molecule has 18 nitrogen and oxygen atoms in total. The van der Waals surface area contributed by atoms with Crippen LogP contribution in [0.1, 0.15) is 18.4 Å². The molecule has 3 fully saturated rings. The summed E-state index contributed by atoms with van der Waals surface area (Å²) in [6, 6.07) is 41.6. The number of nitrogens with one attached hydrogen (secondary N) is 3. The lowest BCUT2D eigenvalue weighted by Crippen LogP contribution is -2.38. The first-order chi connectivity index (χ1) is 37.9. The molecule has 12 rings (SSSR count). The van der Waals surface area contributed by atoms with Gasteiger partial charge in [0.1, 0.15) is 31.3 Å². The van der Waals surface area contributed by atoms with Gasteiger partial charge in [0.2, 0.25) is 19.7 Å². The Hall–Kier alpha value is -6.79. The molecule has 78 heavy (non-hydrogen) atoms. The molecule has 9 aromatic rings. The van der Waals surface area contributed by atoms with Crippen molar-refractivity contribution >= 4 is 73.1 Å². The molecule has 3 N–H and O–H groups in total. The summed E-state index contributed by atoms with van der Waals surface area (Å²) < 4.78 is 111. The Morgan fingerprint density at radius 1 is 0.513 bits per heavy atom. The minimum Gasteiger partial charge on any atom is -0.492 e. The first-order valence-corrected chi connectivity index (χ1v) is 30.1. The number of ether oxygens (including phenoxy) is 5. The van der Waals surface area contributed by atoms with Crippen molar-refractivity contribution in [3.05, 3.63) is 151 Å². The second-order valence-corrected chi connectivity index (χ2v) is 23.7. The third kappa shape index (κ3) is 13.9. The maximum absolute atomic E-state index is 13.6. The summed E-state index contributed by atoms with van der Waals surface area (Å²) in [7, 11) is -11.6. The van der Waals surface area contributed by atoms with E-state index in [1.165, 1.54) is 25.0 Å². The van der Waals surface area contributed by atoms with Crippen molar-refractivity contribution in [2.24, 2.45) is 0 Å². The number of aromatic nitrogens is 4. The van der Waals surface area contributed by atoms with Crippen LogP contribution in [0.15, 0.2) is 170 Å². The SMILES string of the molecule is C1CCOC1.C1COCCN1.Cc1ccc(S(=O)(=O)OCCOc2ccc3n[nH]c(S(=O)(=O)c4cccc5ccccc45)c3c2)cc1.O=S(=O)(c1cccc2ccccc12)c1[nH]nc2ccc(OCCN3CCOCC3)cc12. The highest BCUT2D eigenvalue weighted by Crippen LogP contribution is 2.34. The average molecular weight is 1120 g/mol. The molecule has 0 atom stereocenters. The van der Waals surface area contributed by atoms with E-state index in [1.807, 2.05) is 61.5 Å². The number of fused-ring (bicyclic) bond motifs is 4. The van der Waals surface area contributed by atoms with Crippen LogP contribution in [0.4, 0.5) is 0 Å². The van der Waals surface area contributed by atoms with Crippen LogP contribution < -0.4 is 14.8 Å². The maximum atomic E-state index is 13.6. The van der Waals surface area contributed by atoms with E-state index in [2.05, 4.69) is 30.6 Å². The van der Waals surface area contributed by atoms with Gasteiger partial charge in [0.25, 0.3) is 10.1 Å². The van der Waals surface area contributed by atoms with Crippen LogP contribution in [-0.4, -0.2) is 143 Å². The van der Waals surface area contributed by atoms with Gasteiger partial charge >= 0.3 is 0 Å². The van der Waals surface area contributed by atoms with E-state index >= 15 is 0 Å². The predicted octanol–water partition coefficient (Wildman–Crippen LogP) is 8.30. The normalized spacial score (nSPS) is 15.2. The summed E-state index contributed by atoms with van der Waals surface area (Å²) in [5.41, 5.74) is 1.98. The summed E-state index contributed by atoms with van der Waals surface area (Å²) in [4.78, 5) is 2.79. The molecule has 0 radical (unpaired) electrons. The van der Waals surface area contributed by atoms with Crippen molar-refractivity contribution in [1.82, 2.24) is 30.6 Å². The Balaban J connectivity index is 0.000000159. The highest BCUT2D eigenvalue weighted by molar-refractivity contribution is 7.92. The van der Waals surface area contributed by atoms with Crippen LogP contribution in [0.25, 0.3) is 43.4 Å². The third-order valence-electron chi connectivity index (χ3n) is 13.0. The number of H-pyrrole nitrogens is 2. The fraction of sp³-hybridized carbons (Fsp3) is 0.298. The number of benzene rings is 7. The molecule has 410 valence electrons. The Morgan fingerprint density at radius 3 is 1.49 bits per heavy atom. The summed E-state index contributed by atoms with van der Waals surface area (Å²) in [5.74, 6) is 0.978. The van der Waals surface area contributed by atoms with Crippen molar-refractivity contribution in [2.75, 3.05) is 92.2 Å². The van der Waals surface area contributed by atoms with E-state index in [4.69, 9.17) is 27.9 Å². The van der Waals surface area contributed by atoms with Gasteiger partial charge in [-0.2, -0.15) is 18.6 Å². The van der Waals surface area contributed by atoms with Crippen molar-refractivity contribution in [2.45, 2.75) is 44.5 Å². The summed E-state index contributed by atoms with van der Waals surface area (Å²) in [5, 5.41) is 20.8. The van der Waals surface area contributed by atoms with E-state index in [-0.39, 0.29) is 38.0 Å². The van der Waals surface area contributed by atoms with E-state index < -0.39 is 29.8 Å². The fourth-order valence-corrected chi connectivity index (χ4v) is 12.9. The molecule has 0 unspecified atom stereocenters. The van der Waals surface area contributed by atoms with Gasteiger partial charge in [0, 0.05) is 67.5 Å². The number of aryl methyl sites for hydroxylation is 1. The molecule has 7 aromatic carbocycles. The van der Waals surface area contributed by atoms with E-state index in [9.17, 15) is 25.3 Å². The molecule has 5 heterocycles. The standard InChI is InChI=1S/C26H22N2O6S2.C23H23N3O4S.C4H9NO.C4H8O/c1-18-9-12-21(13-10-18)36(31,32)34-16-15-33-20-11-14-24-23(17-20)26(28-27-24)35(29,30)25-8-4-6-19-5-2-3-7-22(19)25;27-31(28,22-7-3-5-17-4-1-2-6-19(17)22)23-20-16-18(8-9-21(20)24-25-23)30-15-12-26-10-13-29-14-11-26;1-3-6-4-2-5-1;1-2-4-5-3-1/h2-14,17H,15-16H2,1H3,(H,27,28);1-9,16H,10-15H2,(H,24,25);5H,1-4H2;1-4H2. The first-order valence-electron chi connectivity index (χ1n) is 25.7. The molecule has 0 saturated carbocycles. The first kappa shape index (κ1) is 55.9. The molecule has 0 spiro atoms. The second-order valence-electron chi connectivity index (χ2n) is 18.3. The molecule has 3 aliphatic rings. The topological polar surface area (TPSA) is 230 Å². The minimum absolute atomic E-state index is 0.0440. The number of aromatic amines is 2.